The van der Waals surface area contributed by atoms with Gasteiger partial charge in [0.1, 0.15) is 5.01 Å². The molecule has 1 aliphatic heterocycles. The highest BCUT2D eigenvalue weighted by Crippen LogP contribution is 2.36. The van der Waals surface area contributed by atoms with Gasteiger partial charge in [-0.2, -0.15) is 11.8 Å². The van der Waals surface area contributed by atoms with Crippen LogP contribution >= 0.6 is 34.9 Å². The van der Waals surface area contributed by atoms with E-state index in [0.717, 1.165) is 16.3 Å². The largest absolute Gasteiger partial charge is 0.298 e. The van der Waals surface area contributed by atoms with Crippen LogP contribution in [0, 0.1) is 0 Å². The first-order chi connectivity index (χ1) is 9.63. The molecule has 0 spiro atoms. The minimum atomic E-state index is 0.137. The number of carbonyl (C=O) groups excluding carboxylic acids is 1. The van der Waals surface area contributed by atoms with Gasteiger partial charge in [0, 0.05) is 16.3 Å². The summed E-state index contributed by atoms with van der Waals surface area (Å²) in [5.41, 5.74) is 1.01. The minimum absolute atomic E-state index is 0.137. The molecule has 0 amide bonds. The number of benzene rings is 1. The number of hydrogen-bond acceptors (Lipinski definition) is 5. The van der Waals surface area contributed by atoms with Crippen LogP contribution < -0.4 is 0 Å². The van der Waals surface area contributed by atoms with Gasteiger partial charge in [-0.25, -0.2) is 4.98 Å². The van der Waals surface area contributed by atoms with Crippen LogP contribution in [-0.2, 0) is 11.2 Å². The van der Waals surface area contributed by atoms with Crippen LogP contribution in [0.3, 0.4) is 0 Å². The number of thioether (sulfide) groups is 2. The second-order valence-electron chi connectivity index (χ2n) is 5.09. The molecule has 2 heterocycles. The van der Waals surface area contributed by atoms with Gasteiger partial charge in [-0.05, 0) is 12.1 Å². The summed E-state index contributed by atoms with van der Waals surface area (Å²) in [5.74, 6) is 1.28. The Bertz CT molecular complexity index is 591. The number of para-hydroxylation sites is 1. The van der Waals surface area contributed by atoms with E-state index in [9.17, 15) is 4.79 Å². The van der Waals surface area contributed by atoms with Crippen molar-refractivity contribution in [1.82, 2.24) is 4.98 Å². The predicted molar refractivity (Wildman–Crippen MR) is 91.1 cm³/mol. The molecular weight excluding hydrogens is 306 g/mol. The Labute approximate surface area is 131 Å². The van der Waals surface area contributed by atoms with Crippen molar-refractivity contribution < 1.29 is 4.79 Å². The van der Waals surface area contributed by atoms with Crippen molar-refractivity contribution in [1.29, 1.82) is 0 Å². The fraction of sp³-hybridized carbons (Fsp3) is 0.467. The number of ketones is 1. The Hall–Kier alpha value is -0.520. The highest BCUT2D eigenvalue weighted by molar-refractivity contribution is 8.08. The first-order valence-corrected chi connectivity index (χ1v) is 9.58. The number of thiazole rings is 1. The summed E-state index contributed by atoms with van der Waals surface area (Å²) in [6.45, 7) is 4.47. The second kappa shape index (κ2) is 6.08. The van der Waals surface area contributed by atoms with Gasteiger partial charge in [-0.15, -0.1) is 23.1 Å². The molecule has 3 unspecified atom stereocenters. The summed E-state index contributed by atoms with van der Waals surface area (Å²) in [6, 6.07) is 8.08. The summed E-state index contributed by atoms with van der Waals surface area (Å²) in [4.78, 5) is 17.0. The predicted octanol–water partition coefficient (Wildman–Crippen LogP) is 4.03. The van der Waals surface area contributed by atoms with Crippen molar-refractivity contribution in [3.63, 3.8) is 0 Å². The van der Waals surface area contributed by atoms with E-state index in [4.69, 9.17) is 0 Å². The number of carbonyl (C=O) groups is 1. The Morgan fingerprint density at radius 3 is 2.85 bits per heavy atom. The van der Waals surface area contributed by atoms with Gasteiger partial charge in [-0.1, -0.05) is 26.0 Å². The lowest BCUT2D eigenvalue weighted by Gasteiger charge is -2.30. The molecule has 1 fully saturated rings. The minimum Gasteiger partial charge on any atom is -0.298 e. The lowest BCUT2D eigenvalue weighted by Crippen LogP contribution is -2.32. The van der Waals surface area contributed by atoms with Gasteiger partial charge in [0.15, 0.2) is 5.78 Å². The Kier molecular flexibility index (Phi) is 4.38. The SMILES string of the molecule is CC1SCC(C(=O)Cc2nc3ccccc3s2)SC1C. The molecule has 0 N–H and O–H groups in total. The Morgan fingerprint density at radius 1 is 1.30 bits per heavy atom. The van der Waals surface area contributed by atoms with Crippen molar-refractivity contribution in [2.24, 2.45) is 0 Å². The van der Waals surface area contributed by atoms with Crippen LogP contribution in [0.2, 0.25) is 0 Å². The van der Waals surface area contributed by atoms with E-state index in [0.29, 0.717) is 22.7 Å². The van der Waals surface area contributed by atoms with Gasteiger partial charge in [0.25, 0.3) is 0 Å². The number of Topliss-reactive ketones (excluding diaryl/α,β-unsaturated/α-hetero) is 1. The molecule has 5 heteroatoms. The lowest BCUT2D eigenvalue weighted by atomic mass is 10.2. The van der Waals surface area contributed by atoms with Crippen LogP contribution in [-0.4, -0.2) is 32.3 Å². The summed E-state index contributed by atoms with van der Waals surface area (Å²) in [7, 11) is 0. The zero-order valence-corrected chi connectivity index (χ0v) is 14.0. The molecule has 1 aromatic heterocycles. The molecule has 3 rings (SSSR count). The maximum Gasteiger partial charge on any atom is 0.153 e. The van der Waals surface area contributed by atoms with Crippen LogP contribution in [0.4, 0.5) is 0 Å². The smallest absolute Gasteiger partial charge is 0.153 e. The summed E-state index contributed by atoms with van der Waals surface area (Å²) in [5, 5.41) is 2.29. The summed E-state index contributed by atoms with van der Waals surface area (Å²) >= 11 is 5.40. The van der Waals surface area contributed by atoms with E-state index in [-0.39, 0.29) is 5.25 Å². The van der Waals surface area contributed by atoms with Gasteiger partial charge in [-0.3, -0.25) is 4.79 Å². The van der Waals surface area contributed by atoms with Crippen molar-refractivity contribution in [3.8, 4) is 0 Å². The van der Waals surface area contributed by atoms with Crippen molar-refractivity contribution >= 4 is 50.9 Å². The molecule has 0 aliphatic carbocycles. The van der Waals surface area contributed by atoms with Gasteiger partial charge in [0.2, 0.25) is 0 Å². The van der Waals surface area contributed by atoms with E-state index < -0.39 is 0 Å². The zero-order chi connectivity index (χ0) is 14.1. The Morgan fingerprint density at radius 2 is 2.10 bits per heavy atom. The van der Waals surface area contributed by atoms with Crippen molar-refractivity contribution in [2.45, 2.75) is 36.0 Å². The number of fused-ring (bicyclic) bond motifs is 1. The van der Waals surface area contributed by atoms with E-state index in [1.165, 1.54) is 4.70 Å². The average molecular weight is 324 g/mol. The molecule has 2 aromatic rings. The Balaban J connectivity index is 1.69. The monoisotopic (exact) mass is 323 g/mol. The van der Waals surface area contributed by atoms with E-state index in [1.54, 1.807) is 11.3 Å². The normalized spacial score (nSPS) is 26.8. The van der Waals surface area contributed by atoms with Gasteiger partial charge < -0.3 is 0 Å². The number of aromatic nitrogens is 1. The van der Waals surface area contributed by atoms with Crippen LogP contribution in [0.1, 0.15) is 18.9 Å². The molecule has 0 radical (unpaired) electrons. The molecule has 0 bridgehead atoms. The third kappa shape index (κ3) is 3.05. The molecule has 1 aliphatic rings. The molecule has 1 saturated heterocycles. The first-order valence-electron chi connectivity index (χ1n) is 6.77. The molecule has 3 atom stereocenters. The topological polar surface area (TPSA) is 30.0 Å². The highest BCUT2D eigenvalue weighted by atomic mass is 32.2. The molecule has 0 saturated carbocycles. The maximum atomic E-state index is 12.4. The summed E-state index contributed by atoms with van der Waals surface area (Å²) in [6.07, 6.45) is 0.485. The van der Waals surface area contributed by atoms with Crippen LogP contribution in [0.25, 0.3) is 10.2 Å². The van der Waals surface area contributed by atoms with Crippen molar-refractivity contribution in [3.05, 3.63) is 29.3 Å². The van der Waals surface area contributed by atoms with Gasteiger partial charge in [0.05, 0.1) is 21.9 Å². The maximum absolute atomic E-state index is 12.4. The molecule has 2 nitrogen and oxygen atoms in total. The number of rotatable bonds is 3. The fourth-order valence-electron chi connectivity index (χ4n) is 2.21. The molecular formula is C15H17NOS3. The third-order valence-corrected chi connectivity index (χ3v) is 8.05. The quantitative estimate of drug-likeness (QED) is 0.853. The van der Waals surface area contributed by atoms with Crippen LogP contribution in [0.5, 0.6) is 0 Å². The summed E-state index contributed by atoms with van der Waals surface area (Å²) < 4.78 is 1.17. The highest BCUT2D eigenvalue weighted by Gasteiger charge is 2.30. The van der Waals surface area contributed by atoms with E-state index >= 15 is 0 Å². The second-order valence-corrected chi connectivity index (χ2v) is 9.20. The zero-order valence-electron chi connectivity index (χ0n) is 11.5. The average Bonchev–Trinajstić information content (AvgIpc) is 2.83. The standard InChI is InChI=1S/C15H17NOS3/c1-9-10(2)19-14(8-18-9)12(17)7-15-16-11-5-3-4-6-13(11)20-15/h3-6,9-10,14H,7-8H2,1-2H3. The molecule has 106 valence electrons. The lowest BCUT2D eigenvalue weighted by molar-refractivity contribution is -0.117. The number of nitrogens with zero attached hydrogens (tertiary/aromatic N) is 1. The van der Waals surface area contributed by atoms with Crippen LogP contribution in [0.15, 0.2) is 24.3 Å². The first kappa shape index (κ1) is 14.4. The number of hydrogen-bond donors (Lipinski definition) is 0. The third-order valence-electron chi connectivity index (χ3n) is 3.57. The van der Waals surface area contributed by atoms with Gasteiger partial charge >= 0.3 is 0 Å². The van der Waals surface area contributed by atoms with E-state index in [2.05, 4.69) is 24.9 Å². The fourth-order valence-corrected chi connectivity index (χ4v) is 6.08. The van der Waals surface area contributed by atoms with E-state index in [1.807, 2.05) is 41.7 Å². The van der Waals surface area contributed by atoms with Crippen molar-refractivity contribution in [2.75, 3.05) is 5.75 Å². The molecule has 1 aromatic carbocycles. The molecule has 20 heavy (non-hydrogen) atoms.